The molecule has 1 atom stereocenters. The van der Waals surface area contributed by atoms with Crippen LogP contribution < -0.4 is 0 Å². The number of hydrogen-bond donors (Lipinski definition) is 1. The molecule has 1 aromatic rings. The van der Waals surface area contributed by atoms with Crippen molar-refractivity contribution in [2.75, 3.05) is 6.54 Å². The lowest BCUT2D eigenvalue weighted by atomic mass is 9.97. The van der Waals surface area contributed by atoms with E-state index in [1.807, 2.05) is 4.90 Å². The number of aliphatic carboxylic acids is 1. The highest BCUT2D eigenvalue weighted by Gasteiger charge is 2.34. The van der Waals surface area contributed by atoms with Crippen LogP contribution >= 0.6 is 0 Å². The van der Waals surface area contributed by atoms with Crippen molar-refractivity contribution in [3.8, 4) is 0 Å². The Balaban J connectivity index is 2.18. The minimum absolute atomic E-state index is 0.0197. The summed E-state index contributed by atoms with van der Waals surface area (Å²) < 4.78 is 39.0. The number of carbonyl (C=O) groups is 1. The molecule has 0 bridgehead atoms. The quantitative estimate of drug-likeness (QED) is 0.925. The lowest BCUT2D eigenvalue weighted by Crippen LogP contribution is -2.40. The molecule has 2 rings (SSSR count). The first kappa shape index (κ1) is 15.8. The van der Waals surface area contributed by atoms with Crippen molar-refractivity contribution in [3.63, 3.8) is 0 Å². The summed E-state index contributed by atoms with van der Waals surface area (Å²) >= 11 is 0. The molecule has 0 aromatic heterocycles. The number of halogens is 3. The van der Waals surface area contributed by atoms with E-state index in [1.54, 1.807) is 6.07 Å². The van der Waals surface area contributed by atoms with Crippen LogP contribution in [0.4, 0.5) is 13.2 Å². The zero-order valence-electron chi connectivity index (χ0n) is 11.6. The standard InChI is InChI=1S/C15H18F3NO2/c16-15(17,18)13-7-2-1-5-11(13)10-19-8-4-3-6-12(19)9-14(20)21/h1-2,5,7,12H,3-4,6,8-10H2,(H,20,21). The van der Waals surface area contributed by atoms with E-state index in [4.69, 9.17) is 5.11 Å². The van der Waals surface area contributed by atoms with Gasteiger partial charge in [0.05, 0.1) is 12.0 Å². The monoisotopic (exact) mass is 301 g/mol. The number of piperidine rings is 1. The second-order valence-electron chi connectivity index (χ2n) is 5.37. The number of likely N-dealkylation sites (tertiary alicyclic amines) is 1. The smallest absolute Gasteiger partial charge is 0.416 e. The molecule has 6 heteroatoms. The Kier molecular flexibility index (Phi) is 4.88. The third-order valence-electron chi connectivity index (χ3n) is 3.86. The van der Waals surface area contributed by atoms with Crippen LogP contribution in [-0.2, 0) is 17.5 Å². The Morgan fingerprint density at radius 2 is 2.00 bits per heavy atom. The average molecular weight is 301 g/mol. The number of hydrogen-bond acceptors (Lipinski definition) is 2. The molecule has 3 nitrogen and oxygen atoms in total. The summed E-state index contributed by atoms with van der Waals surface area (Å²) in [5, 5.41) is 8.93. The summed E-state index contributed by atoms with van der Waals surface area (Å²) in [7, 11) is 0. The largest absolute Gasteiger partial charge is 0.481 e. The van der Waals surface area contributed by atoms with Crippen LogP contribution in [0.15, 0.2) is 24.3 Å². The first-order valence-corrected chi connectivity index (χ1v) is 6.99. The number of carboxylic acid groups (broad SMARTS) is 1. The number of benzene rings is 1. The second kappa shape index (κ2) is 6.47. The van der Waals surface area contributed by atoms with Crippen molar-refractivity contribution in [1.82, 2.24) is 4.90 Å². The van der Waals surface area contributed by atoms with Gasteiger partial charge in [0.2, 0.25) is 0 Å². The molecule has 1 aromatic carbocycles. The maximum absolute atomic E-state index is 13.0. The number of alkyl halides is 3. The van der Waals surface area contributed by atoms with Crippen molar-refractivity contribution in [1.29, 1.82) is 0 Å². The van der Waals surface area contributed by atoms with Crippen LogP contribution in [-0.4, -0.2) is 28.6 Å². The molecule has 1 N–H and O–H groups in total. The number of carboxylic acids is 1. The van der Waals surface area contributed by atoms with Crippen molar-refractivity contribution >= 4 is 5.97 Å². The predicted octanol–water partition coefficient (Wildman–Crippen LogP) is 3.53. The molecule has 0 saturated carbocycles. The van der Waals surface area contributed by atoms with Gasteiger partial charge in [0.1, 0.15) is 0 Å². The molecular weight excluding hydrogens is 283 g/mol. The Morgan fingerprint density at radius 1 is 1.29 bits per heavy atom. The molecular formula is C15H18F3NO2. The van der Waals surface area contributed by atoms with E-state index in [2.05, 4.69) is 0 Å². The summed E-state index contributed by atoms with van der Waals surface area (Å²) in [6, 6.07) is 5.32. The SMILES string of the molecule is O=C(O)CC1CCCCN1Cc1ccccc1C(F)(F)F. The fourth-order valence-electron chi connectivity index (χ4n) is 2.85. The number of rotatable bonds is 4. The lowest BCUT2D eigenvalue weighted by Gasteiger charge is -2.35. The van der Waals surface area contributed by atoms with Gasteiger partial charge in [0, 0.05) is 12.6 Å². The van der Waals surface area contributed by atoms with E-state index in [1.165, 1.54) is 12.1 Å². The van der Waals surface area contributed by atoms with E-state index in [0.29, 0.717) is 6.54 Å². The van der Waals surface area contributed by atoms with Gasteiger partial charge in [-0.3, -0.25) is 9.69 Å². The normalized spacial score (nSPS) is 20.4. The van der Waals surface area contributed by atoms with Gasteiger partial charge in [-0.25, -0.2) is 0 Å². The topological polar surface area (TPSA) is 40.5 Å². The first-order chi connectivity index (χ1) is 9.88. The van der Waals surface area contributed by atoms with Gasteiger partial charge in [-0.05, 0) is 31.0 Å². The zero-order valence-corrected chi connectivity index (χ0v) is 11.6. The summed E-state index contributed by atoms with van der Waals surface area (Å²) in [4.78, 5) is 12.7. The van der Waals surface area contributed by atoms with Crippen LogP contribution in [0, 0.1) is 0 Å². The van der Waals surface area contributed by atoms with Crippen molar-refractivity contribution < 1.29 is 23.1 Å². The highest BCUT2D eigenvalue weighted by Crippen LogP contribution is 2.33. The molecule has 0 radical (unpaired) electrons. The molecule has 1 aliphatic heterocycles. The molecule has 1 saturated heterocycles. The molecule has 0 spiro atoms. The van der Waals surface area contributed by atoms with Crippen molar-refractivity contribution in [2.45, 2.75) is 44.4 Å². The molecule has 116 valence electrons. The summed E-state index contributed by atoms with van der Waals surface area (Å²) in [5.41, 5.74) is -0.424. The van der Waals surface area contributed by atoms with E-state index in [0.717, 1.165) is 25.3 Å². The third kappa shape index (κ3) is 4.20. The molecule has 0 amide bonds. The maximum atomic E-state index is 13.0. The molecule has 0 aliphatic carbocycles. The molecule has 1 unspecified atom stereocenters. The summed E-state index contributed by atoms with van der Waals surface area (Å²) in [6.45, 7) is 0.789. The minimum atomic E-state index is -4.38. The molecule has 1 fully saturated rings. The van der Waals surface area contributed by atoms with Gasteiger partial charge in [-0.2, -0.15) is 13.2 Å². The highest BCUT2D eigenvalue weighted by molar-refractivity contribution is 5.67. The van der Waals surface area contributed by atoms with Gasteiger partial charge in [0.15, 0.2) is 0 Å². The highest BCUT2D eigenvalue weighted by atomic mass is 19.4. The average Bonchev–Trinajstić information content (AvgIpc) is 2.40. The fraction of sp³-hybridized carbons (Fsp3) is 0.533. The van der Waals surface area contributed by atoms with Crippen molar-refractivity contribution in [3.05, 3.63) is 35.4 Å². The van der Waals surface area contributed by atoms with Gasteiger partial charge in [-0.1, -0.05) is 24.6 Å². The Bertz CT molecular complexity index is 502. The van der Waals surface area contributed by atoms with E-state index in [9.17, 15) is 18.0 Å². The van der Waals surface area contributed by atoms with Gasteiger partial charge >= 0.3 is 12.1 Å². The van der Waals surface area contributed by atoms with Crippen LogP contribution in [0.2, 0.25) is 0 Å². The molecule has 1 heterocycles. The van der Waals surface area contributed by atoms with Crippen LogP contribution in [0.25, 0.3) is 0 Å². The Labute approximate surface area is 121 Å². The molecule has 21 heavy (non-hydrogen) atoms. The van der Waals surface area contributed by atoms with Crippen molar-refractivity contribution in [2.24, 2.45) is 0 Å². The Hall–Kier alpha value is -1.56. The van der Waals surface area contributed by atoms with Gasteiger partial charge in [0.25, 0.3) is 0 Å². The summed E-state index contributed by atoms with van der Waals surface area (Å²) in [6.07, 6.45) is -1.86. The Morgan fingerprint density at radius 3 is 2.67 bits per heavy atom. The van der Waals surface area contributed by atoms with Gasteiger partial charge < -0.3 is 5.11 Å². The van der Waals surface area contributed by atoms with Crippen LogP contribution in [0.3, 0.4) is 0 Å². The van der Waals surface area contributed by atoms with E-state index >= 15 is 0 Å². The minimum Gasteiger partial charge on any atom is -0.481 e. The summed E-state index contributed by atoms with van der Waals surface area (Å²) in [5.74, 6) is -0.906. The van der Waals surface area contributed by atoms with Gasteiger partial charge in [-0.15, -0.1) is 0 Å². The first-order valence-electron chi connectivity index (χ1n) is 6.99. The maximum Gasteiger partial charge on any atom is 0.416 e. The lowest BCUT2D eigenvalue weighted by molar-refractivity contribution is -0.140. The van der Waals surface area contributed by atoms with E-state index in [-0.39, 0.29) is 24.6 Å². The molecule has 1 aliphatic rings. The fourth-order valence-corrected chi connectivity index (χ4v) is 2.85. The van der Waals surface area contributed by atoms with Crippen LogP contribution in [0.1, 0.15) is 36.8 Å². The zero-order chi connectivity index (χ0) is 15.5. The van der Waals surface area contributed by atoms with E-state index < -0.39 is 17.7 Å². The predicted molar refractivity (Wildman–Crippen MR) is 71.7 cm³/mol. The third-order valence-corrected chi connectivity index (χ3v) is 3.86. The number of nitrogens with zero attached hydrogens (tertiary/aromatic N) is 1. The second-order valence-corrected chi connectivity index (χ2v) is 5.37. The van der Waals surface area contributed by atoms with Crippen LogP contribution in [0.5, 0.6) is 0 Å².